The molecule has 0 radical (unpaired) electrons. The van der Waals surface area contributed by atoms with Crippen LogP contribution in [0, 0.1) is 13.8 Å². The van der Waals surface area contributed by atoms with E-state index in [0.717, 1.165) is 47.1 Å². The summed E-state index contributed by atoms with van der Waals surface area (Å²) in [5, 5.41) is 15.6. The second-order valence-corrected chi connectivity index (χ2v) is 10.2. The van der Waals surface area contributed by atoms with Gasteiger partial charge in [0.25, 0.3) is 0 Å². The fourth-order valence-corrected chi connectivity index (χ4v) is 5.41. The molecule has 2 unspecified atom stereocenters. The zero-order valence-corrected chi connectivity index (χ0v) is 19.6. The number of isothiocyanates is 2. The highest BCUT2D eigenvalue weighted by Crippen LogP contribution is 2.22. The van der Waals surface area contributed by atoms with Crippen molar-refractivity contribution in [2.24, 2.45) is 9.98 Å². The van der Waals surface area contributed by atoms with E-state index in [1.165, 1.54) is 0 Å². The van der Waals surface area contributed by atoms with Crippen molar-refractivity contribution in [3.63, 3.8) is 0 Å². The van der Waals surface area contributed by atoms with Crippen LogP contribution in [0.4, 0.5) is 11.4 Å². The minimum atomic E-state index is -0.278. The van der Waals surface area contributed by atoms with Crippen LogP contribution in [0.15, 0.2) is 58.8 Å². The number of rotatable bonds is 8. The lowest BCUT2D eigenvalue weighted by Crippen LogP contribution is -1.95. The van der Waals surface area contributed by atoms with Crippen molar-refractivity contribution in [1.82, 2.24) is 18.4 Å². The van der Waals surface area contributed by atoms with Crippen molar-refractivity contribution in [2.75, 3.05) is 11.5 Å². The summed E-state index contributed by atoms with van der Waals surface area (Å²) >= 11 is 0. The van der Waals surface area contributed by atoms with E-state index in [9.17, 15) is 0 Å². The van der Waals surface area contributed by atoms with Gasteiger partial charge in [0, 0.05) is 34.2 Å². The van der Waals surface area contributed by atoms with Crippen molar-refractivity contribution in [1.29, 1.82) is 0 Å². The third kappa shape index (κ3) is 6.25. The maximum atomic E-state index is 4.59. The van der Waals surface area contributed by atoms with E-state index in [1.54, 1.807) is 0 Å². The van der Waals surface area contributed by atoms with E-state index in [4.69, 9.17) is 0 Å². The Morgan fingerprint density at radius 1 is 0.800 bits per heavy atom. The van der Waals surface area contributed by atoms with E-state index in [0.29, 0.717) is 0 Å². The van der Waals surface area contributed by atoms with Gasteiger partial charge in [-0.25, -0.2) is 8.17 Å². The van der Waals surface area contributed by atoms with Crippen molar-refractivity contribution in [2.45, 2.75) is 40.5 Å². The maximum absolute atomic E-state index is 4.59. The zero-order chi connectivity index (χ0) is 21.3. The smallest absolute Gasteiger partial charge is 0.0758 e. The molecule has 3 rings (SSSR count). The highest BCUT2D eigenvalue weighted by atomic mass is 32.2. The quantitative estimate of drug-likeness (QED) is 0.316. The average Bonchev–Trinajstić information content (AvgIpc) is 3.37. The van der Waals surface area contributed by atoms with Gasteiger partial charge in [0.2, 0.25) is 0 Å². The summed E-state index contributed by atoms with van der Waals surface area (Å²) in [6, 6.07) is 11.9. The molecule has 6 nitrogen and oxygen atoms in total. The second-order valence-electron chi connectivity index (χ2n) is 6.78. The first-order valence-electron chi connectivity index (χ1n) is 10.1. The molecule has 1 aromatic carbocycles. The topological polar surface area (TPSA) is 60.4 Å². The van der Waals surface area contributed by atoms with E-state index in [2.05, 4.69) is 44.4 Å². The Labute approximate surface area is 183 Å². The van der Waals surface area contributed by atoms with Gasteiger partial charge in [-0.2, -0.15) is 20.2 Å². The standard InChI is InChI=1S/C22H28N6S2/c1-5-14-29(27-12-10-19(3)25-27)17-23-21-8-7-9-22(16-21)24-18-30(15-6-2)28-13-11-20(4)26-28/h7-13,16H,5-6,14-15H2,1-4H3. The van der Waals surface area contributed by atoms with Crippen LogP contribution in [0.3, 0.4) is 0 Å². The summed E-state index contributed by atoms with van der Waals surface area (Å²) in [7, 11) is -0.556. The van der Waals surface area contributed by atoms with Gasteiger partial charge in [-0.15, -0.1) is 0 Å². The lowest BCUT2D eigenvalue weighted by atomic mass is 10.3. The monoisotopic (exact) mass is 440 g/mol. The molecule has 0 saturated heterocycles. The molecular formula is C22H28N6S2. The van der Waals surface area contributed by atoms with Gasteiger partial charge in [-0.05, 0) is 78.4 Å². The Morgan fingerprint density at radius 2 is 1.27 bits per heavy atom. The number of hydrogen-bond donors (Lipinski definition) is 0. The van der Waals surface area contributed by atoms with Crippen LogP contribution in [0.5, 0.6) is 0 Å². The first-order valence-corrected chi connectivity index (χ1v) is 12.8. The highest BCUT2D eigenvalue weighted by Gasteiger charge is 2.01. The molecule has 3 aromatic rings. The van der Waals surface area contributed by atoms with Crippen LogP contribution in [-0.2, 0) is 0 Å². The summed E-state index contributed by atoms with van der Waals surface area (Å²) in [5.74, 6) is 1.94. The molecule has 158 valence electrons. The molecule has 0 bridgehead atoms. The van der Waals surface area contributed by atoms with Gasteiger partial charge in [-0.1, -0.05) is 19.9 Å². The molecule has 0 aliphatic carbocycles. The molecule has 0 amide bonds. The SMILES string of the molecule is CCCS(=C=Nc1cccc(N=C=S(CCC)n2ccc(C)n2)c1)n1ccc(C)n1. The predicted octanol–water partition coefficient (Wildman–Crippen LogP) is 6.05. The molecule has 2 aromatic heterocycles. The fraction of sp³-hybridized carbons (Fsp3) is 0.364. The highest BCUT2D eigenvalue weighted by molar-refractivity contribution is 8.13. The number of hydrogen-bond acceptors (Lipinski definition) is 4. The molecule has 2 atom stereocenters. The van der Waals surface area contributed by atoms with Gasteiger partial charge in [0.05, 0.1) is 22.8 Å². The summed E-state index contributed by atoms with van der Waals surface area (Å²) in [6.45, 7) is 8.32. The summed E-state index contributed by atoms with van der Waals surface area (Å²) in [5.41, 5.74) is 3.68. The molecule has 0 fully saturated rings. The predicted molar refractivity (Wildman–Crippen MR) is 131 cm³/mol. The molecule has 2 heterocycles. The van der Waals surface area contributed by atoms with Crippen LogP contribution >= 0.6 is 21.3 Å². The largest absolute Gasteiger partial charge is 0.212 e. The van der Waals surface area contributed by atoms with E-state index < -0.39 is 0 Å². The molecule has 8 heteroatoms. The minimum Gasteiger partial charge on any atom is -0.212 e. The van der Waals surface area contributed by atoms with Crippen molar-refractivity contribution in [3.8, 4) is 0 Å². The number of benzene rings is 1. The third-order valence-electron chi connectivity index (χ3n) is 4.04. The molecular weight excluding hydrogens is 412 g/mol. The van der Waals surface area contributed by atoms with Gasteiger partial charge in [0.15, 0.2) is 0 Å². The van der Waals surface area contributed by atoms with Crippen LogP contribution in [-0.4, -0.2) is 40.2 Å². The van der Waals surface area contributed by atoms with E-state index >= 15 is 0 Å². The second kappa shape index (κ2) is 11.0. The average molecular weight is 441 g/mol. The Bertz CT molecular complexity index is 1040. The molecule has 0 aliphatic rings. The van der Waals surface area contributed by atoms with Crippen LogP contribution in [0.1, 0.15) is 38.1 Å². The zero-order valence-electron chi connectivity index (χ0n) is 17.9. The number of nitrogens with zero attached hydrogens (tertiary/aromatic N) is 6. The summed E-state index contributed by atoms with van der Waals surface area (Å²) in [6.07, 6.45) is 6.10. The van der Waals surface area contributed by atoms with Gasteiger partial charge in [0.1, 0.15) is 0 Å². The molecule has 30 heavy (non-hydrogen) atoms. The van der Waals surface area contributed by atoms with E-state index in [1.807, 2.05) is 70.8 Å². The summed E-state index contributed by atoms with van der Waals surface area (Å²) < 4.78 is 3.92. The number of aryl methyl sites for hydroxylation is 2. The Kier molecular flexibility index (Phi) is 8.17. The molecule has 0 saturated carbocycles. The fourth-order valence-electron chi connectivity index (χ4n) is 2.62. The van der Waals surface area contributed by atoms with Gasteiger partial charge >= 0.3 is 0 Å². The lowest BCUT2D eigenvalue weighted by molar-refractivity contribution is 0.965. The van der Waals surface area contributed by atoms with Gasteiger partial charge in [-0.3, -0.25) is 0 Å². The lowest BCUT2D eigenvalue weighted by Gasteiger charge is -2.04. The normalized spacial score (nSPS) is 12.7. The Morgan fingerprint density at radius 3 is 1.63 bits per heavy atom. The maximum Gasteiger partial charge on any atom is 0.0758 e. The first-order chi connectivity index (χ1) is 14.6. The van der Waals surface area contributed by atoms with Crippen LogP contribution < -0.4 is 0 Å². The minimum absolute atomic E-state index is 0.278. The Balaban J connectivity index is 1.91. The van der Waals surface area contributed by atoms with Gasteiger partial charge < -0.3 is 0 Å². The number of aliphatic imine (C=N–C) groups is 2. The molecule has 0 spiro atoms. The van der Waals surface area contributed by atoms with Crippen molar-refractivity contribution < 1.29 is 0 Å². The van der Waals surface area contributed by atoms with Crippen LogP contribution in [0.2, 0.25) is 0 Å². The summed E-state index contributed by atoms with van der Waals surface area (Å²) in [4.78, 5) is 9.19. The first kappa shape index (κ1) is 22.2. The third-order valence-corrected chi connectivity index (χ3v) is 7.54. The van der Waals surface area contributed by atoms with Crippen molar-refractivity contribution in [3.05, 3.63) is 60.2 Å². The molecule has 0 N–H and O–H groups in total. The number of aromatic nitrogens is 4. The van der Waals surface area contributed by atoms with Crippen LogP contribution in [0.25, 0.3) is 0 Å². The Hall–Kier alpha value is -2.50. The van der Waals surface area contributed by atoms with Crippen molar-refractivity contribution >= 4 is 43.0 Å². The van der Waals surface area contributed by atoms with E-state index in [-0.39, 0.29) is 21.3 Å². The molecule has 0 aliphatic heterocycles.